The number of anilines is 1. The predicted molar refractivity (Wildman–Crippen MR) is 126 cm³/mol. The molecule has 0 aliphatic carbocycles. The summed E-state index contributed by atoms with van der Waals surface area (Å²) in [5.74, 6) is -0.123. The zero-order valence-electron chi connectivity index (χ0n) is 18.0. The topological polar surface area (TPSA) is 68.7 Å². The Kier molecular flexibility index (Phi) is 6.65. The van der Waals surface area contributed by atoms with Gasteiger partial charge in [0, 0.05) is 43.7 Å². The molecule has 1 fully saturated rings. The number of aromatic nitrogens is 1. The van der Waals surface area contributed by atoms with E-state index in [2.05, 4.69) is 51.4 Å². The molecular formula is C24H28N4O2S. The zero-order valence-corrected chi connectivity index (χ0v) is 18.8. The maximum absolute atomic E-state index is 12.4. The number of aryl methyl sites for hydroxylation is 1. The largest absolute Gasteiger partial charge is 0.506 e. The summed E-state index contributed by atoms with van der Waals surface area (Å²) in [6.45, 7) is 7.32. The van der Waals surface area contributed by atoms with Crippen LogP contribution in [0, 0.1) is 6.92 Å². The fourth-order valence-electron chi connectivity index (χ4n) is 3.64. The smallest absolute Gasteiger partial charge is 0.230 e. The van der Waals surface area contributed by atoms with Gasteiger partial charge in [0.25, 0.3) is 0 Å². The predicted octanol–water partition coefficient (Wildman–Crippen LogP) is 3.75. The molecule has 0 radical (unpaired) electrons. The first-order chi connectivity index (χ1) is 15.0. The molecule has 1 amide bonds. The number of carbonyl (C=O) groups is 1. The summed E-state index contributed by atoms with van der Waals surface area (Å²) in [6, 6.07) is 13.7. The molecule has 3 aromatic rings. The monoisotopic (exact) mass is 436 g/mol. The van der Waals surface area contributed by atoms with Gasteiger partial charge in [-0.2, -0.15) is 0 Å². The average molecular weight is 437 g/mol. The molecule has 1 aliphatic rings. The summed E-state index contributed by atoms with van der Waals surface area (Å²) in [7, 11) is 2.17. The van der Waals surface area contributed by atoms with Crippen molar-refractivity contribution in [3.05, 3.63) is 64.7 Å². The third-order valence-corrected chi connectivity index (χ3v) is 6.46. The first-order valence-corrected chi connectivity index (χ1v) is 11.4. The van der Waals surface area contributed by atoms with E-state index >= 15 is 0 Å². The van der Waals surface area contributed by atoms with E-state index in [-0.39, 0.29) is 18.1 Å². The van der Waals surface area contributed by atoms with Crippen LogP contribution in [0.15, 0.2) is 47.8 Å². The van der Waals surface area contributed by atoms with Gasteiger partial charge in [0.05, 0.1) is 17.8 Å². The van der Waals surface area contributed by atoms with Crippen molar-refractivity contribution >= 4 is 22.9 Å². The fourth-order valence-corrected chi connectivity index (χ4v) is 4.47. The minimum absolute atomic E-state index is 0.0731. The fraction of sp³-hybridized carbons (Fsp3) is 0.333. The van der Waals surface area contributed by atoms with Gasteiger partial charge in [0.1, 0.15) is 10.8 Å². The lowest BCUT2D eigenvalue weighted by molar-refractivity contribution is -0.115. The van der Waals surface area contributed by atoms with E-state index in [0.29, 0.717) is 5.69 Å². The number of phenols is 1. The molecule has 2 N–H and O–H groups in total. The standard InChI is InChI=1S/C24H28N4O2S/c1-17-3-8-21(22(29)13-17)26-23(30)14-20-16-31-24(25-20)19-6-4-18(5-7-19)15-28-11-9-27(2)10-12-28/h3-8,13,16,29H,9-12,14-15H2,1-2H3,(H,26,30). The summed E-state index contributed by atoms with van der Waals surface area (Å²) in [6.07, 6.45) is 0.172. The minimum atomic E-state index is -0.196. The van der Waals surface area contributed by atoms with Gasteiger partial charge in [-0.05, 0) is 37.2 Å². The number of carbonyl (C=O) groups excluding carboxylic acids is 1. The molecule has 0 bridgehead atoms. The van der Waals surface area contributed by atoms with Crippen LogP contribution in [-0.4, -0.2) is 59.0 Å². The van der Waals surface area contributed by atoms with Crippen molar-refractivity contribution in [1.82, 2.24) is 14.8 Å². The second-order valence-electron chi connectivity index (χ2n) is 8.17. The molecule has 6 nitrogen and oxygen atoms in total. The van der Waals surface area contributed by atoms with Crippen molar-refractivity contribution in [3.63, 3.8) is 0 Å². The molecule has 2 aromatic carbocycles. The van der Waals surface area contributed by atoms with E-state index in [0.717, 1.165) is 54.6 Å². The van der Waals surface area contributed by atoms with E-state index in [1.165, 1.54) is 5.56 Å². The van der Waals surface area contributed by atoms with Gasteiger partial charge >= 0.3 is 0 Å². The molecule has 4 rings (SSSR count). The van der Waals surface area contributed by atoms with Crippen molar-refractivity contribution in [2.45, 2.75) is 19.9 Å². The van der Waals surface area contributed by atoms with Gasteiger partial charge in [-0.3, -0.25) is 9.69 Å². The van der Waals surface area contributed by atoms with Crippen LogP contribution in [0.1, 0.15) is 16.8 Å². The number of hydrogen-bond donors (Lipinski definition) is 2. The number of aromatic hydroxyl groups is 1. The number of rotatable bonds is 6. The van der Waals surface area contributed by atoms with Crippen LogP contribution in [0.2, 0.25) is 0 Å². The Morgan fingerprint density at radius 1 is 1.13 bits per heavy atom. The number of likely N-dealkylation sites (N-methyl/N-ethyl adjacent to an activating group) is 1. The summed E-state index contributed by atoms with van der Waals surface area (Å²) in [4.78, 5) is 21.8. The second kappa shape index (κ2) is 9.60. The van der Waals surface area contributed by atoms with Crippen LogP contribution in [0.5, 0.6) is 5.75 Å². The van der Waals surface area contributed by atoms with Crippen molar-refractivity contribution in [3.8, 4) is 16.3 Å². The highest BCUT2D eigenvalue weighted by Crippen LogP contribution is 2.26. The third kappa shape index (κ3) is 5.70. The molecule has 0 atom stereocenters. The van der Waals surface area contributed by atoms with Gasteiger partial charge in [0.2, 0.25) is 5.91 Å². The van der Waals surface area contributed by atoms with E-state index < -0.39 is 0 Å². The number of amides is 1. The van der Waals surface area contributed by atoms with Gasteiger partial charge in [-0.25, -0.2) is 4.98 Å². The van der Waals surface area contributed by atoms with Gasteiger partial charge < -0.3 is 15.3 Å². The highest BCUT2D eigenvalue weighted by atomic mass is 32.1. The Bertz CT molecular complexity index is 1040. The maximum atomic E-state index is 12.4. The highest BCUT2D eigenvalue weighted by Gasteiger charge is 2.14. The van der Waals surface area contributed by atoms with Crippen molar-refractivity contribution in [1.29, 1.82) is 0 Å². The quantitative estimate of drug-likeness (QED) is 0.576. The summed E-state index contributed by atoms with van der Waals surface area (Å²) in [5.41, 5.74) is 4.46. The van der Waals surface area contributed by atoms with Crippen LogP contribution in [0.3, 0.4) is 0 Å². The molecule has 0 spiro atoms. The number of piperazine rings is 1. The molecule has 162 valence electrons. The van der Waals surface area contributed by atoms with E-state index in [1.54, 1.807) is 23.5 Å². The second-order valence-corrected chi connectivity index (χ2v) is 9.02. The third-order valence-electron chi connectivity index (χ3n) is 5.52. The van der Waals surface area contributed by atoms with Crippen LogP contribution >= 0.6 is 11.3 Å². The lowest BCUT2D eigenvalue weighted by atomic mass is 10.1. The first kappa shape index (κ1) is 21.5. The number of phenolic OH excluding ortho intramolecular Hbond substituents is 1. The highest BCUT2D eigenvalue weighted by molar-refractivity contribution is 7.13. The number of hydrogen-bond acceptors (Lipinski definition) is 6. The van der Waals surface area contributed by atoms with Gasteiger partial charge in [0.15, 0.2) is 0 Å². The average Bonchev–Trinajstić information content (AvgIpc) is 3.21. The number of benzene rings is 2. The Morgan fingerprint density at radius 2 is 1.87 bits per heavy atom. The van der Waals surface area contributed by atoms with E-state index in [1.807, 2.05) is 18.4 Å². The van der Waals surface area contributed by atoms with Crippen molar-refractivity contribution in [2.75, 3.05) is 38.5 Å². The maximum Gasteiger partial charge on any atom is 0.230 e. The first-order valence-electron chi connectivity index (χ1n) is 10.5. The molecule has 7 heteroatoms. The summed E-state index contributed by atoms with van der Waals surface area (Å²) < 4.78 is 0. The van der Waals surface area contributed by atoms with E-state index in [4.69, 9.17) is 0 Å². The number of nitrogens with zero attached hydrogens (tertiary/aromatic N) is 3. The van der Waals surface area contributed by atoms with Crippen molar-refractivity contribution in [2.24, 2.45) is 0 Å². The number of thiazole rings is 1. The minimum Gasteiger partial charge on any atom is -0.506 e. The molecule has 0 saturated carbocycles. The van der Waals surface area contributed by atoms with E-state index in [9.17, 15) is 9.90 Å². The number of nitrogens with one attached hydrogen (secondary N) is 1. The molecular weight excluding hydrogens is 408 g/mol. The molecule has 31 heavy (non-hydrogen) atoms. The summed E-state index contributed by atoms with van der Waals surface area (Å²) >= 11 is 1.54. The molecule has 1 saturated heterocycles. The molecule has 1 aromatic heterocycles. The summed E-state index contributed by atoms with van der Waals surface area (Å²) in [5, 5.41) is 15.5. The van der Waals surface area contributed by atoms with Gasteiger partial charge in [-0.1, -0.05) is 30.3 Å². The molecule has 0 unspecified atom stereocenters. The van der Waals surface area contributed by atoms with Crippen LogP contribution < -0.4 is 5.32 Å². The van der Waals surface area contributed by atoms with Gasteiger partial charge in [-0.15, -0.1) is 11.3 Å². The Labute approximate surface area is 187 Å². The normalized spacial score (nSPS) is 15.2. The van der Waals surface area contributed by atoms with Crippen LogP contribution in [0.25, 0.3) is 10.6 Å². The van der Waals surface area contributed by atoms with Crippen molar-refractivity contribution < 1.29 is 9.90 Å². The lowest BCUT2D eigenvalue weighted by Gasteiger charge is -2.32. The molecule has 1 aliphatic heterocycles. The lowest BCUT2D eigenvalue weighted by Crippen LogP contribution is -2.43. The SMILES string of the molecule is Cc1ccc(NC(=O)Cc2csc(-c3ccc(CN4CCN(C)CC4)cc3)n2)c(O)c1. The van der Waals surface area contributed by atoms with Crippen LogP contribution in [-0.2, 0) is 17.8 Å². The van der Waals surface area contributed by atoms with Crippen LogP contribution in [0.4, 0.5) is 5.69 Å². The molecule has 2 heterocycles. The Morgan fingerprint density at radius 3 is 2.58 bits per heavy atom. The Hall–Kier alpha value is -2.74. The zero-order chi connectivity index (χ0) is 21.8. The Balaban J connectivity index is 1.34.